The number of nitrogens with one attached hydrogen (secondary N) is 1. The zero-order chi connectivity index (χ0) is 15.9. The summed E-state index contributed by atoms with van der Waals surface area (Å²) in [6.45, 7) is 2.96. The number of carbonyl (C=O) groups is 1. The minimum absolute atomic E-state index is 0.00902. The molecule has 1 aromatic carbocycles. The van der Waals surface area contributed by atoms with E-state index >= 15 is 0 Å². The second kappa shape index (κ2) is 7.31. The number of ether oxygens (including phenoxy) is 2. The van der Waals surface area contributed by atoms with Crippen molar-refractivity contribution < 1.29 is 19.4 Å². The van der Waals surface area contributed by atoms with Gasteiger partial charge in [-0.3, -0.25) is 0 Å². The minimum atomic E-state index is -1.05. The first-order valence-corrected chi connectivity index (χ1v) is 6.88. The van der Waals surface area contributed by atoms with Crippen LogP contribution in [0.1, 0.15) is 23.0 Å². The van der Waals surface area contributed by atoms with Gasteiger partial charge in [-0.25, -0.2) is 9.78 Å². The first kappa shape index (κ1) is 15.6. The molecule has 2 N–H and O–H groups in total. The van der Waals surface area contributed by atoms with Gasteiger partial charge in [0, 0.05) is 6.54 Å². The van der Waals surface area contributed by atoms with E-state index in [-0.39, 0.29) is 5.69 Å². The normalized spacial score (nSPS) is 10.1. The average Bonchev–Trinajstić information content (AvgIpc) is 2.53. The Balaban J connectivity index is 2.09. The van der Waals surface area contributed by atoms with Crippen molar-refractivity contribution in [3.63, 3.8) is 0 Å². The van der Waals surface area contributed by atoms with Gasteiger partial charge in [0.15, 0.2) is 17.2 Å². The van der Waals surface area contributed by atoms with Crippen LogP contribution in [-0.4, -0.2) is 29.8 Å². The Kier molecular flexibility index (Phi) is 5.19. The van der Waals surface area contributed by atoms with Crippen molar-refractivity contribution in [2.45, 2.75) is 13.5 Å². The van der Waals surface area contributed by atoms with Crippen LogP contribution < -0.4 is 14.8 Å². The number of aromatic carboxylic acids is 1. The molecule has 0 aliphatic rings. The maximum Gasteiger partial charge on any atom is 0.354 e. The smallest absolute Gasteiger partial charge is 0.354 e. The second-order valence-electron chi connectivity index (χ2n) is 4.48. The van der Waals surface area contributed by atoms with Crippen LogP contribution in [0.3, 0.4) is 0 Å². The number of aromatic nitrogens is 1. The number of pyridine rings is 1. The van der Waals surface area contributed by atoms with Crippen LogP contribution in [0.2, 0.25) is 0 Å². The van der Waals surface area contributed by atoms with Crippen molar-refractivity contribution in [1.29, 1.82) is 0 Å². The maximum atomic E-state index is 10.9. The van der Waals surface area contributed by atoms with Crippen LogP contribution in [-0.2, 0) is 6.54 Å². The summed E-state index contributed by atoms with van der Waals surface area (Å²) in [5.41, 5.74) is 0.988. The highest BCUT2D eigenvalue weighted by molar-refractivity contribution is 5.85. The fourth-order valence-corrected chi connectivity index (χ4v) is 1.94. The summed E-state index contributed by atoms with van der Waals surface area (Å²) in [6, 6.07) is 10.5. The summed E-state index contributed by atoms with van der Waals surface area (Å²) in [7, 11) is 1.59. The van der Waals surface area contributed by atoms with E-state index in [9.17, 15) is 4.79 Å². The van der Waals surface area contributed by atoms with E-state index in [0.29, 0.717) is 30.5 Å². The molecule has 116 valence electrons. The van der Waals surface area contributed by atoms with Crippen LogP contribution in [0.4, 0.5) is 5.82 Å². The molecule has 2 aromatic rings. The predicted molar refractivity (Wildman–Crippen MR) is 82.7 cm³/mol. The van der Waals surface area contributed by atoms with Gasteiger partial charge in [-0.1, -0.05) is 12.1 Å². The molecule has 0 saturated heterocycles. The lowest BCUT2D eigenvalue weighted by atomic mass is 10.2. The second-order valence-corrected chi connectivity index (χ2v) is 4.48. The molecule has 0 atom stereocenters. The van der Waals surface area contributed by atoms with Crippen molar-refractivity contribution >= 4 is 11.8 Å². The summed E-state index contributed by atoms with van der Waals surface area (Å²) in [5, 5.41) is 12.0. The lowest BCUT2D eigenvalue weighted by Gasteiger charge is -2.12. The molecule has 2 rings (SSSR count). The number of benzene rings is 1. The molecule has 22 heavy (non-hydrogen) atoms. The highest BCUT2D eigenvalue weighted by Crippen LogP contribution is 2.28. The highest BCUT2D eigenvalue weighted by atomic mass is 16.5. The Morgan fingerprint density at radius 1 is 1.27 bits per heavy atom. The molecule has 0 spiro atoms. The van der Waals surface area contributed by atoms with Crippen molar-refractivity contribution in [2.75, 3.05) is 19.0 Å². The predicted octanol–water partition coefficient (Wildman–Crippen LogP) is 2.80. The van der Waals surface area contributed by atoms with Crippen molar-refractivity contribution in [3.8, 4) is 11.5 Å². The number of methoxy groups -OCH3 is 1. The van der Waals surface area contributed by atoms with E-state index in [2.05, 4.69) is 10.3 Å². The first-order chi connectivity index (χ1) is 10.6. The van der Waals surface area contributed by atoms with E-state index in [1.165, 1.54) is 6.07 Å². The number of rotatable bonds is 7. The number of nitrogens with zero attached hydrogens (tertiary/aromatic N) is 1. The van der Waals surface area contributed by atoms with Crippen molar-refractivity contribution in [3.05, 3.63) is 47.7 Å². The van der Waals surface area contributed by atoms with E-state index in [0.717, 1.165) is 5.56 Å². The van der Waals surface area contributed by atoms with Crippen LogP contribution in [0.5, 0.6) is 11.5 Å². The fourth-order valence-electron chi connectivity index (χ4n) is 1.94. The molecule has 6 heteroatoms. The third-order valence-electron chi connectivity index (χ3n) is 2.97. The molecule has 0 fully saturated rings. The van der Waals surface area contributed by atoms with Gasteiger partial charge in [0.1, 0.15) is 5.82 Å². The lowest BCUT2D eigenvalue weighted by Crippen LogP contribution is -2.06. The molecule has 0 aliphatic carbocycles. The standard InChI is InChI=1S/C16H18N2O4/c1-3-22-14-9-11(7-8-13(14)21-2)10-17-15-6-4-5-12(18-15)16(19)20/h4-9H,3,10H2,1-2H3,(H,17,18)(H,19,20). The molecular formula is C16H18N2O4. The first-order valence-electron chi connectivity index (χ1n) is 6.88. The molecule has 1 heterocycles. The van der Waals surface area contributed by atoms with Crippen molar-refractivity contribution in [1.82, 2.24) is 4.98 Å². The van der Waals surface area contributed by atoms with Gasteiger partial charge >= 0.3 is 5.97 Å². The zero-order valence-corrected chi connectivity index (χ0v) is 12.5. The zero-order valence-electron chi connectivity index (χ0n) is 12.5. The summed E-state index contributed by atoms with van der Waals surface area (Å²) >= 11 is 0. The topological polar surface area (TPSA) is 80.7 Å². The lowest BCUT2D eigenvalue weighted by molar-refractivity contribution is 0.0690. The summed E-state index contributed by atoms with van der Waals surface area (Å²) in [6.07, 6.45) is 0. The number of anilines is 1. The molecule has 6 nitrogen and oxygen atoms in total. The molecule has 0 radical (unpaired) electrons. The quantitative estimate of drug-likeness (QED) is 0.818. The molecule has 0 bridgehead atoms. The average molecular weight is 302 g/mol. The highest BCUT2D eigenvalue weighted by Gasteiger charge is 2.07. The molecule has 0 aliphatic heterocycles. The largest absolute Gasteiger partial charge is 0.493 e. The van der Waals surface area contributed by atoms with Gasteiger partial charge in [0.25, 0.3) is 0 Å². The number of hydrogen-bond donors (Lipinski definition) is 2. The summed E-state index contributed by atoms with van der Waals surface area (Å²) in [5.74, 6) is 0.813. The summed E-state index contributed by atoms with van der Waals surface area (Å²) in [4.78, 5) is 14.9. The van der Waals surface area contributed by atoms with Gasteiger partial charge in [0.2, 0.25) is 0 Å². The third kappa shape index (κ3) is 3.88. The maximum absolute atomic E-state index is 10.9. The Morgan fingerprint density at radius 3 is 2.77 bits per heavy atom. The fraction of sp³-hybridized carbons (Fsp3) is 0.250. The van der Waals surface area contributed by atoms with E-state index in [1.807, 2.05) is 25.1 Å². The van der Waals surface area contributed by atoms with Crippen LogP contribution >= 0.6 is 0 Å². The molecular weight excluding hydrogens is 284 g/mol. The number of carboxylic acid groups (broad SMARTS) is 1. The minimum Gasteiger partial charge on any atom is -0.493 e. The van der Waals surface area contributed by atoms with Gasteiger partial charge in [-0.05, 0) is 36.8 Å². The summed E-state index contributed by atoms with van der Waals surface area (Å²) < 4.78 is 10.8. The Hall–Kier alpha value is -2.76. The number of carboxylic acids is 1. The van der Waals surface area contributed by atoms with E-state index in [4.69, 9.17) is 14.6 Å². The van der Waals surface area contributed by atoms with E-state index in [1.54, 1.807) is 19.2 Å². The van der Waals surface area contributed by atoms with Crippen LogP contribution in [0, 0.1) is 0 Å². The van der Waals surface area contributed by atoms with Gasteiger partial charge in [-0.2, -0.15) is 0 Å². The Bertz CT molecular complexity index is 658. The number of hydrogen-bond acceptors (Lipinski definition) is 5. The van der Waals surface area contributed by atoms with Gasteiger partial charge in [0.05, 0.1) is 13.7 Å². The van der Waals surface area contributed by atoms with Crippen LogP contribution in [0.25, 0.3) is 0 Å². The Morgan fingerprint density at radius 2 is 2.09 bits per heavy atom. The third-order valence-corrected chi connectivity index (χ3v) is 2.97. The molecule has 0 unspecified atom stereocenters. The van der Waals surface area contributed by atoms with Crippen LogP contribution in [0.15, 0.2) is 36.4 Å². The van der Waals surface area contributed by atoms with Gasteiger partial charge < -0.3 is 19.9 Å². The molecule has 0 amide bonds. The Labute approximate surface area is 128 Å². The SMILES string of the molecule is CCOc1cc(CNc2cccc(C(=O)O)n2)ccc1OC. The molecule has 1 aromatic heterocycles. The van der Waals surface area contributed by atoms with E-state index < -0.39 is 5.97 Å². The molecule has 0 saturated carbocycles. The van der Waals surface area contributed by atoms with Crippen molar-refractivity contribution in [2.24, 2.45) is 0 Å². The monoisotopic (exact) mass is 302 g/mol. The van der Waals surface area contributed by atoms with Gasteiger partial charge in [-0.15, -0.1) is 0 Å².